The van der Waals surface area contributed by atoms with E-state index in [0.717, 1.165) is 22.2 Å². The van der Waals surface area contributed by atoms with Gasteiger partial charge in [-0.15, -0.1) is 0 Å². The topological polar surface area (TPSA) is 130 Å². The van der Waals surface area contributed by atoms with Gasteiger partial charge < -0.3 is 15.6 Å². The fourth-order valence-corrected chi connectivity index (χ4v) is 3.61. The van der Waals surface area contributed by atoms with Crippen molar-refractivity contribution in [2.75, 3.05) is 6.54 Å². The summed E-state index contributed by atoms with van der Waals surface area (Å²) < 4.78 is 0. The monoisotopic (exact) mass is 443 g/mol. The highest BCUT2D eigenvalue weighted by Gasteiger charge is 2.19. The number of hydrogen-bond donors (Lipinski definition) is 3. The third-order valence-corrected chi connectivity index (χ3v) is 5.28. The summed E-state index contributed by atoms with van der Waals surface area (Å²) in [5, 5.41) is 16.5. The third kappa shape index (κ3) is 4.87. The highest BCUT2D eigenvalue weighted by Crippen LogP contribution is 2.24. The number of carbonyl (C=O) groups excluding carboxylic acids is 2. The van der Waals surface area contributed by atoms with Crippen LogP contribution in [0, 0.1) is 17.0 Å². The molecule has 4 rings (SSSR count). The molecule has 0 saturated heterocycles. The van der Waals surface area contributed by atoms with Crippen molar-refractivity contribution < 1.29 is 14.5 Å². The average Bonchev–Trinajstić information content (AvgIpc) is 3.29. The van der Waals surface area contributed by atoms with Gasteiger partial charge in [-0.1, -0.05) is 36.4 Å². The highest BCUT2D eigenvalue weighted by atomic mass is 16.6. The first kappa shape index (κ1) is 21.7. The summed E-state index contributed by atoms with van der Waals surface area (Å²) in [5.74, 6) is -0.862. The second-order valence-electron chi connectivity index (χ2n) is 7.53. The van der Waals surface area contributed by atoms with E-state index in [0.29, 0.717) is 5.56 Å². The Hall–Kier alpha value is -4.53. The molecule has 2 amide bonds. The molecule has 9 heteroatoms. The van der Waals surface area contributed by atoms with E-state index in [-0.39, 0.29) is 23.7 Å². The van der Waals surface area contributed by atoms with E-state index in [1.165, 1.54) is 18.2 Å². The predicted octanol–water partition coefficient (Wildman–Crippen LogP) is 3.42. The molecule has 1 heterocycles. The normalized spacial score (nSPS) is 11.7. The molecular weight excluding hydrogens is 422 g/mol. The van der Waals surface area contributed by atoms with E-state index in [4.69, 9.17) is 0 Å². The number of imidazole rings is 1. The molecule has 3 aromatic carbocycles. The van der Waals surface area contributed by atoms with Crippen molar-refractivity contribution in [3.8, 4) is 0 Å². The maximum Gasteiger partial charge on any atom is 0.272 e. The smallest absolute Gasteiger partial charge is 0.272 e. The molecule has 166 valence electrons. The van der Waals surface area contributed by atoms with Gasteiger partial charge in [-0.2, -0.15) is 0 Å². The summed E-state index contributed by atoms with van der Waals surface area (Å²) in [4.78, 5) is 42.9. The Bertz CT molecular complexity index is 1330. The Morgan fingerprint density at radius 2 is 1.85 bits per heavy atom. The van der Waals surface area contributed by atoms with Crippen LogP contribution in [0.4, 0.5) is 5.69 Å². The maximum atomic E-state index is 12.7. The van der Waals surface area contributed by atoms with Crippen molar-refractivity contribution in [1.29, 1.82) is 0 Å². The van der Waals surface area contributed by atoms with Gasteiger partial charge in [-0.25, -0.2) is 4.98 Å². The molecular formula is C24H21N5O4. The number of fused-ring (bicyclic) bond motifs is 1. The number of aryl methyl sites for hydroxylation is 1. The molecule has 0 spiro atoms. The summed E-state index contributed by atoms with van der Waals surface area (Å²) in [5.41, 5.74) is 3.98. The zero-order valence-corrected chi connectivity index (χ0v) is 17.7. The van der Waals surface area contributed by atoms with Gasteiger partial charge >= 0.3 is 0 Å². The van der Waals surface area contributed by atoms with E-state index >= 15 is 0 Å². The van der Waals surface area contributed by atoms with Gasteiger partial charge in [0.15, 0.2) is 0 Å². The molecule has 1 aromatic heterocycles. The van der Waals surface area contributed by atoms with Crippen molar-refractivity contribution >= 4 is 28.5 Å². The first-order valence-corrected chi connectivity index (χ1v) is 10.2. The zero-order chi connectivity index (χ0) is 23.4. The van der Waals surface area contributed by atoms with Crippen LogP contribution in [0.1, 0.15) is 33.1 Å². The first-order chi connectivity index (χ1) is 15.9. The molecule has 0 fully saturated rings. The number of carbonyl (C=O) groups is 2. The molecule has 1 unspecified atom stereocenters. The van der Waals surface area contributed by atoms with Crippen LogP contribution in [0.2, 0.25) is 0 Å². The predicted molar refractivity (Wildman–Crippen MR) is 123 cm³/mol. The molecule has 0 aliphatic carbocycles. The fraction of sp³-hybridized carbons (Fsp3) is 0.125. The van der Waals surface area contributed by atoms with Crippen LogP contribution in [0.5, 0.6) is 0 Å². The molecule has 0 saturated carbocycles. The van der Waals surface area contributed by atoms with Crippen molar-refractivity contribution in [2.45, 2.75) is 13.0 Å². The Balaban J connectivity index is 1.47. The number of nitro benzene ring substituents is 1. The number of benzene rings is 3. The van der Waals surface area contributed by atoms with Gasteiger partial charge in [0, 0.05) is 17.2 Å². The number of amides is 2. The molecule has 0 radical (unpaired) electrons. The molecule has 0 aliphatic heterocycles. The van der Waals surface area contributed by atoms with Gasteiger partial charge in [-0.05, 0) is 42.3 Å². The fourth-order valence-electron chi connectivity index (χ4n) is 3.61. The Morgan fingerprint density at radius 3 is 2.58 bits per heavy atom. The second-order valence-corrected chi connectivity index (χ2v) is 7.53. The minimum Gasteiger partial charge on any atom is -0.345 e. The number of hydrogen-bond acceptors (Lipinski definition) is 5. The van der Waals surface area contributed by atoms with Crippen molar-refractivity contribution in [1.82, 2.24) is 20.6 Å². The lowest BCUT2D eigenvalue weighted by atomic mass is 9.98. The van der Waals surface area contributed by atoms with E-state index in [1.54, 1.807) is 13.3 Å². The number of aromatic amines is 1. The van der Waals surface area contributed by atoms with Crippen LogP contribution in [-0.2, 0) is 4.79 Å². The number of nitrogens with one attached hydrogen (secondary N) is 3. The quantitative estimate of drug-likeness (QED) is 0.298. The molecule has 3 N–H and O–H groups in total. The van der Waals surface area contributed by atoms with Crippen molar-refractivity contribution in [2.24, 2.45) is 0 Å². The van der Waals surface area contributed by atoms with Crippen molar-refractivity contribution in [3.05, 3.63) is 105 Å². The van der Waals surface area contributed by atoms with E-state index in [9.17, 15) is 19.7 Å². The molecule has 9 nitrogen and oxygen atoms in total. The lowest BCUT2D eigenvalue weighted by Crippen LogP contribution is -2.39. The number of H-pyrrole nitrogens is 1. The standard InChI is InChI=1S/C24H21N5O4/c1-15-11-18(8-10-21(15)29(32)33)24(31)25-13-22(30)28-23(16-5-3-2-4-6-16)17-7-9-19-20(12-17)27-14-26-19/h2-12,14,23H,13H2,1H3,(H,25,31)(H,26,27)(H,28,30). The van der Waals surface area contributed by atoms with Crippen LogP contribution in [0.25, 0.3) is 11.0 Å². The lowest BCUT2D eigenvalue weighted by Gasteiger charge is -2.20. The van der Waals surface area contributed by atoms with E-state index < -0.39 is 16.9 Å². The van der Waals surface area contributed by atoms with Crippen LogP contribution in [0.3, 0.4) is 0 Å². The van der Waals surface area contributed by atoms with E-state index in [1.807, 2.05) is 48.5 Å². The Morgan fingerprint density at radius 1 is 1.06 bits per heavy atom. The second kappa shape index (κ2) is 9.31. The SMILES string of the molecule is Cc1cc(C(=O)NCC(=O)NC(c2ccccc2)c2ccc3nc[nH]c3c2)ccc1[N+](=O)[O-]. The van der Waals surface area contributed by atoms with Gasteiger partial charge in [0.25, 0.3) is 11.6 Å². The molecule has 0 aliphatic rings. The first-order valence-electron chi connectivity index (χ1n) is 10.2. The summed E-state index contributed by atoms with van der Waals surface area (Å²) in [6.45, 7) is 1.31. The molecule has 1 atom stereocenters. The van der Waals surface area contributed by atoms with Crippen LogP contribution >= 0.6 is 0 Å². The van der Waals surface area contributed by atoms with Gasteiger partial charge in [0.2, 0.25) is 5.91 Å². The highest BCUT2D eigenvalue weighted by molar-refractivity contribution is 5.97. The summed E-state index contributed by atoms with van der Waals surface area (Å²) in [7, 11) is 0. The number of rotatable bonds is 7. The van der Waals surface area contributed by atoms with Crippen LogP contribution in [0.15, 0.2) is 73.1 Å². The van der Waals surface area contributed by atoms with Crippen molar-refractivity contribution in [3.63, 3.8) is 0 Å². The van der Waals surface area contributed by atoms with Crippen LogP contribution < -0.4 is 10.6 Å². The minimum atomic E-state index is -0.505. The summed E-state index contributed by atoms with van der Waals surface area (Å²) in [6, 6.07) is 18.9. The average molecular weight is 443 g/mol. The van der Waals surface area contributed by atoms with Gasteiger partial charge in [0.1, 0.15) is 0 Å². The minimum absolute atomic E-state index is 0.0655. The van der Waals surface area contributed by atoms with Crippen LogP contribution in [-0.4, -0.2) is 33.3 Å². The number of nitrogens with zero attached hydrogens (tertiary/aromatic N) is 2. The molecule has 33 heavy (non-hydrogen) atoms. The lowest BCUT2D eigenvalue weighted by molar-refractivity contribution is -0.385. The number of aromatic nitrogens is 2. The van der Waals surface area contributed by atoms with E-state index in [2.05, 4.69) is 20.6 Å². The van der Waals surface area contributed by atoms with Gasteiger partial charge in [0.05, 0.1) is 34.9 Å². The summed E-state index contributed by atoms with van der Waals surface area (Å²) >= 11 is 0. The Kier molecular flexibility index (Phi) is 6.12. The third-order valence-electron chi connectivity index (χ3n) is 5.28. The molecule has 0 bridgehead atoms. The molecule has 4 aromatic rings. The Labute approximate surface area is 189 Å². The largest absolute Gasteiger partial charge is 0.345 e. The van der Waals surface area contributed by atoms with Gasteiger partial charge in [-0.3, -0.25) is 19.7 Å². The maximum absolute atomic E-state index is 12.7. The number of nitro groups is 1. The summed E-state index contributed by atoms with van der Waals surface area (Å²) in [6.07, 6.45) is 1.61. The zero-order valence-electron chi connectivity index (χ0n) is 17.7.